The van der Waals surface area contributed by atoms with Gasteiger partial charge in [-0.1, -0.05) is 48.5 Å². The molecule has 3 N–H and O–H groups in total. The molecule has 37 heavy (non-hydrogen) atoms. The van der Waals surface area contributed by atoms with Gasteiger partial charge in [0.05, 0.1) is 22.4 Å². The summed E-state index contributed by atoms with van der Waals surface area (Å²) >= 11 is 0. The summed E-state index contributed by atoms with van der Waals surface area (Å²) in [5.74, 6) is -0.0993. The Morgan fingerprint density at radius 1 is 0.946 bits per heavy atom. The van der Waals surface area contributed by atoms with Crippen LogP contribution in [-0.2, 0) is 28.7 Å². The number of aromatic nitrogens is 1. The van der Waals surface area contributed by atoms with Crippen LogP contribution in [0.4, 0.5) is 10.5 Å². The van der Waals surface area contributed by atoms with E-state index in [0.717, 1.165) is 35.3 Å². The van der Waals surface area contributed by atoms with Gasteiger partial charge in [0.1, 0.15) is 0 Å². The van der Waals surface area contributed by atoms with Crippen LogP contribution in [0.25, 0.3) is 11.1 Å². The Balaban J connectivity index is 1.41. The number of benzene rings is 3. The lowest BCUT2D eigenvalue weighted by atomic mass is 10.0. The third-order valence-electron chi connectivity index (χ3n) is 6.50. The van der Waals surface area contributed by atoms with Crippen LogP contribution < -0.4 is 16.0 Å². The molecule has 0 saturated carbocycles. The number of fused-ring (bicyclic) bond motifs is 1. The molecule has 2 heterocycles. The second-order valence-electron chi connectivity index (χ2n) is 9.14. The molecule has 188 valence electrons. The lowest BCUT2D eigenvalue weighted by Gasteiger charge is -2.17. The highest BCUT2D eigenvalue weighted by Crippen LogP contribution is 2.32. The largest absolute Gasteiger partial charge is 0.331 e. The summed E-state index contributed by atoms with van der Waals surface area (Å²) in [6, 6.07) is 23.3. The SMILES string of the molecule is CC(NC(=O)Nc1ccc(S(=O)(=O)Cc2ccc3c(c2)CNC3)cc1-c1ccncc1)c1ccccc1. The van der Waals surface area contributed by atoms with Gasteiger partial charge < -0.3 is 16.0 Å². The summed E-state index contributed by atoms with van der Waals surface area (Å²) in [5.41, 5.74) is 5.94. The van der Waals surface area contributed by atoms with Crippen LogP contribution in [0.2, 0.25) is 0 Å². The van der Waals surface area contributed by atoms with Crippen molar-refractivity contribution in [3.8, 4) is 11.1 Å². The Morgan fingerprint density at radius 2 is 1.70 bits per heavy atom. The summed E-state index contributed by atoms with van der Waals surface area (Å²) in [6.45, 7) is 3.47. The Bertz CT molecular complexity index is 1520. The number of nitrogens with zero attached hydrogens (tertiary/aromatic N) is 1. The third kappa shape index (κ3) is 5.71. The van der Waals surface area contributed by atoms with Gasteiger partial charge in [0.2, 0.25) is 0 Å². The number of carbonyl (C=O) groups excluding carboxylic acids is 1. The molecular formula is C29H28N4O3S. The van der Waals surface area contributed by atoms with Crippen molar-refractivity contribution in [1.29, 1.82) is 0 Å². The Kier molecular flexibility index (Phi) is 7.03. The second kappa shape index (κ2) is 10.5. The zero-order valence-corrected chi connectivity index (χ0v) is 21.3. The second-order valence-corrected chi connectivity index (χ2v) is 11.1. The van der Waals surface area contributed by atoms with Gasteiger partial charge in [-0.3, -0.25) is 4.98 Å². The fourth-order valence-corrected chi connectivity index (χ4v) is 5.87. The number of hydrogen-bond acceptors (Lipinski definition) is 5. The third-order valence-corrected chi connectivity index (χ3v) is 8.18. The molecule has 0 saturated heterocycles. The van der Waals surface area contributed by atoms with Crippen LogP contribution in [0, 0.1) is 0 Å². The smallest absolute Gasteiger partial charge is 0.319 e. The molecule has 5 rings (SSSR count). The summed E-state index contributed by atoms with van der Waals surface area (Å²) in [6.07, 6.45) is 3.27. The number of urea groups is 1. The Labute approximate surface area is 216 Å². The van der Waals surface area contributed by atoms with E-state index in [1.54, 1.807) is 42.7 Å². The normalized spacial score (nSPS) is 13.5. The van der Waals surface area contributed by atoms with Gasteiger partial charge in [0.25, 0.3) is 0 Å². The van der Waals surface area contributed by atoms with Crippen molar-refractivity contribution in [2.24, 2.45) is 0 Å². The minimum atomic E-state index is -3.63. The molecule has 1 atom stereocenters. The highest BCUT2D eigenvalue weighted by molar-refractivity contribution is 7.90. The zero-order chi connectivity index (χ0) is 25.8. The van der Waals surface area contributed by atoms with E-state index in [2.05, 4.69) is 20.9 Å². The molecule has 8 heteroatoms. The maximum Gasteiger partial charge on any atom is 0.319 e. The molecule has 4 aromatic rings. The zero-order valence-electron chi connectivity index (χ0n) is 20.4. The molecule has 2 amide bonds. The fourth-order valence-electron chi connectivity index (χ4n) is 4.52. The van der Waals surface area contributed by atoms with Crippen LogP contribution >= 0.6 is 0 Å². The lowest BCUT2D eigenvalue weighted by Crippen LogP contribution is -2.31. The van der Waals surface area contributed by atoms with Gasteiger partial charge in [-0.2, -0.15) is 0 Å². The van der Waals surface area contributed by atoms with Crippen molar-refractivity contribution < 1.29 is 13.2 Å². The summed E-state index contributed by atoms with van der Waals surface area (Å²) in [7, 11) is -3.63. The molecule has 0 bridgehead atoms. The van der Waals surface area contributed by atoms with Gasteiger partial charge in [-0.05, 0) is 65.1 Å². The number of pyridine rings is 1. The van der Waals surface area contributed by atoms with Gasteiger partial charge in [-0.25, -0.2) is 13.2 Å². The van der Waals surface area contributed by atoms with E-state index in [0.29, 0.717) is 11.3 Å². The van der Waals surface area contributed by atoms with Crippen LogP contribution in [-0.4, -0.2) is 19.4 Å². The molecule has 7 nitrogen and oxygen atoms in total. The van der Waals surface area contributed by atoms with Crippen molar-refractivity contribution in [3.05, 3.63) is 114 Å². The Morgan fingerprint density at radius 3 is 2.49 bits per heavy atom. The first-order chi connectivity index (χ1) is 17.9. The number of amides is 2. The first kappa shape index (κ1) is 24.7. The molecule has 0 spiro atoms. The number of sulfone groups is 1. The maximum absolute atomic E-state index is 13.4. The van der Waals surface area contributed by atoms with Gasteiger partial charge >= 0.3 is 6.03 Å². The van der Waals surface area contributed by atoms with Crippen molar-refractivity contribution in [2.75, 3.05) is 5.32 Å². The molecule has 1 unspecified atom stereocenters. The average Bonchev–Trinajstić information content (AvgIpc) is 3.37. The molecule has 1 aliphatic heterocycles. The first-order valence-corrected chi connectivity index (χ1v) is 13.8. The van der Waals surface area contributed by atoms with Crippen molar-refractivity contribution in [1.82, 2.24) is 15.6 Å². The summed E-state index contributed by atoms with van der Waals surface area (Å²) in [5, 5.41) is 9.11. The number of hydrogen-bond donors (Lipinski definition) is 3. The van der Waals surface area contributed by atoms with Crippen molar-refractivity contribution in [2.45, 2.75) is 36.7 Å². The van der Waals surface area contributed by atoms with Crippen LogP contribution in [0.1, 0.15) is 35.2 Å². The highest BCUT2D eigenvalue weighted by Gasteiger charge is 2.20. The van der Waals surface area contributed by atoms with Crippen LogP contribution in [0.5, 0.6) is 0 Å². The van der Waals surface area contributed by atoms with E-state index in [4.69, 9.17) is 0 Å². The topological polar surface area (TPSA) is 100 Å². The number of anilines is 1. The summed E-state index contributed by atoms with van der Waals surface area (Å²) < 4.78 is 26.8. The van der Waals surface area contributed by atoms with Gasteiger partial charge in [0, 0.05) is 31.0 Å². The van der Waals surface area contributed by atoms with E-state index in [1.165, 1.54) is 5.56 Å². The molecule has 1 aliphatic rings. The lowest BCUT2D eigenvalue weighted by molar-refractivity contribution is 0.249. The van der Waals surface area contributed by atoms with Gasteiger partial charge in [0.15, 0.2) is 9.84 Å². The monoisotopic (exact) mass is 512 g/mol. The van der Waals surface area contributed by atoms with E-state index in [9.17, 15) is 13.2 Å². The maximum atomic E-state index is 13.4. The summed E-state index contributed by atoms with van der Waals surface area (Å²) in [4.78, 5) is 17.1. The van der Waals surface area contributed by atoms with Crippen molar-refractivity contribution in [3.63, 3.8) is 0 Å². The average molecular weight is 513 g/mol. The molecule has 0 fully saturated rings. The predicted molar refractivity (Wildman–Crippen MR) is 145 cm³/mol. The van der Waals surface area contributed by atoms with Crippen LogP contribution in [0.3, 0.4) is 0 Å². The van der Waals surface area contributed by atoms with E-state index in [-0.39, 0.29) is 22.7 Å². The van der Waals surface area contributed by atoms with Gasteiger partial charge in [-0.15, -0.1) is 0 Å². The molecule has 3 aromatic carbocycles. The Hall–Kier alpha value is -4.01. The highest BCUT2D eigenvalue weighted by atomic mass is 32.2. The number of carbonyl (C=O) groups is 1. The van der Waals surface area contributed by atoms with E-state index < -0.39 is 9.84 Å². The fraction of sp³-hybridized carbons (Fsp3) is 0.172. The van der Waals surface area contributed by atoms with E-state index in [1.807, 2.05) is 55.5 Å². The van der Waals surface area contributed by atoms with Crippen molar-refractivity contribution >= 4 is 21.6 Å². The molecule has 0 radical (unpaired) electrons. The van der Waals surface area contributed by atoms with E-state index >= 15 is 0 Å². The minimum absolute atomic E-state index is 0.0993. The molecular weight excluding hydrogens is 484 g/mol. The standard InChI is InChI=1S/C29H28N4O3S/c1-20(22-5-3-2-4-6-22)32-29(34)33-28-10-9-26(16-27(28)23-11-13-30-14-12-23)37(35,36)19-21-7-8-24-17-31-18-25(24)15-21/h2-16,20,31H,17-19H2,1H3,(H2,32,33,34). The first-order valence-electron chi connectivity index (χ1n) is 12.1. The van der Waals surface area contributed by atoms with Crippen LogP contribution in [0.15, 0.2) is 96.2 Å². The predicted octanol–water partition coefficient (Wildman–Crippen LogP) is 5.21. The number of rotatable bonds is 7. The quantitative estimate of drug-likeness (QED) is 0.316. The molecule has 0 aliphatic carbocycles. The minimum Gasteiger partial charge on any atom is -0.331 e. The molecule has 1 aromatic heterocycles. The number of nitrogens with one attached hydrogen (secondary N) is 3.